The Kier molecular flexibility index (Phi) is 4.33. The van der Waals surface area contributed by atoms with E-state index < -0.39 is 0 Å². The predicted octanol–water partition coefficient (Wildman–Crippen LogP) is 4.07. The molecule has 0 heterocycles. The summed E-state index contributed by atoms with van der Waals surface area (Å²) in [4.78, 5) is 0. The van der Waals surface area contributed by atoms with Crippen LogP contribution in [0, 0.1) is 0 Å². The number of allylic oxidation sites excluding steroid dienone is 2. The first-order chi connectivity index (χ1) is 5.43. The molecule has 0 bridgehead atoms. The molecule has 0 atom stereocenters. The summed E-state index contributed by atoms with van der Waals surface area (Å²) in [5.41, 5.74) is 1.70. The molecule has 0 aromatic heterocycles. The van der Waals surface area contributed by atoms with Gasteiger partial charge in [-0.1, -0.05) is 37.8 Å². The van der Waals surface area contributed by atoms with Crippen LogP contribution in [0.5, 0.6) is 0 Å². The predicted molar refractivity (Wildman–Crippen MR) is 50.7 cm³/mol. The van der Waals surface area contributed by atoms with Crippen molar-refractivity contribution in [1.82, 2.24) is 0 Å². The molecule has 1 rings (SSSR count). The fourth-order valence-corrected chi connectivity index (χ4v) is 1.76. The summed E-state index contributed by atoms with van der Waals surface area (Å²) in [6, 6.07) is 0. The third kappa shape index (κ3) is 3.60. The monoisotopic (exact) mass is 152 g/mol. The van der Waals surface area contributed by atoms with Gasteiger partial charge in [0, 0.05) is 0 Å². The molecule has 0 saturated carbocycles. The summed E-state index contributed by atoms with van der Waals surface area (Å²) in [5.74, 6) is 0. The summed E-state index contributed by atoms with van der Waals surface area (Å²) in [5, 5.41) is 0. The fourth-order valence-electron chi connectivity index (χ4n) is 1.76. The van der Waals surface area contributed by atoms with Crippen LogP contribution in [-0.4, -0.2) is 0 Å². The Morgan fingerprint density at radius 3 is 2.64 bits per heavy atom. The van der Waals surface area contributed by atoms with Gasteiger partial charge < -0.3 is 0 Å². The lowest BCUT2D eigenvalue weighted by Gasteiger charge is -2.01. The highest BCUT2D eigenvalue weighted by Gasteiger charge is 1.98. The van der Waals surface area contributed by atoms with E-state index in [2.05, 4.69) is 13.0 Å². The summed E-state index contributed by atoms with van der Waals surface area (Å²) in [6.07, 6.45) is 13.7. The molecule has 0 unspecified atom stereocenters. The third-order valence-electron chi connectivity index (χ3n) is 2.59. The number of rotatable bonds is 1. The second kappa shape index (κ2) is 5.40. The van der Waals surface area contributed by atoms with Gasteiger partial charge in [0.2, 0.25) is 0 Å². The van der Waals surface area contributed by atoms with E-state index in [1.807, 2.05) is 0 Å². The quantitative estimate of drug-likeness (QED) is 0.497. The second-order valence-corrected chi connectivity index (χ2v) is 3.52. The standard InChI is InChI=1S/C11H20/c1-2-11-9-7-5-3-4-6-8-10-11/h9H,2-8,10H2,1H3/b11-9-. The van der Waals surface area contributed by atoms with E-state index >= 15 is 0 Å². The molecule has 0 heteroatoms. The molecule has 0 spiro atoms. The van der Waals surface area contributed by atoms with Crippen molar-refractivity contribution in [3.05, 3.63) is 11.6 Å². The highest BCUT2D eigenvalue weighted by Crippen LogP contribution is 2.18. The minimum Gasteiger partial charge on any atom is -0.0853 e. The minimum atomic E-state index is 1.28. The number of hydrogen-bond acceptors (Lipinski definition) is 0. The van der Waals surface area contributed by atoms with Crippen LogP contribution in [0.1, 0.15) is 58.3 Å². The van der Waals surface area contributed by atoms with E-state index in [-0.39, 0.29) is 0 Å². The zero-order valence-corrected chi connectivity index (χ0v) is 7.73. The SMILES string of the molecule is CC/C1=C/CCCCCCC1. The van der Waals surface area contributed by atoms with Crippen LogP contribution in [0.2, 0.25) is 0 Å². The van der Waals surface area contributed by atoms with Crippen LogP contribution < -0.4 is 0 Å². The Morgan fingerprint density at radius 2 is 1.82 bits per heavy atom. The van der Waals surface area contributed by atoms with Gasteiger partial charge in [0.1, 0.15) is 0 Å². The van der Waals surface area contributed by atoms with E-state index in [1.165, 1.54) is 51.4 Å². The maximum Gasteiger partial charge on any atom is -0.0320 e. The molecule has 11 heavy (non-hydrogen) atoms. The molecule has 0 saturated heterocycles. The Labute approximate surface area is 70.7 Å². The number of hydrogen-bond donors (Lipinski definition) is 0. The highest BCUT2D eigenvalue weighted by molar-refractivity contribution is 5.01. The molecule has 0 amide bonds. The first-order valence-corrected chi connectivity index (χ1v) is 5.11. The van der Waals surface area contributed by atoms with Gasteiger partial charge in [-0.3, -0.25) is 0 Å². The van der Waals surface area contributed by atoms with Gasteiger partial charge in [0.05, 0.1) is 0 Å². The molecule has 0 fully saturated rings. The van der Waals surface area contributed by atoms with E-state index in [4.69, 9.17) is 0 Å². The normalized spacial score (nSPS) is 26.1. The largest absolute Gasteiger partial charge is 0.0853 e. The molecule has 0 radical (unpaired) electrons. The first kappa shape index (κ1) is 8.83. The smallest absolute Gasteiger partial charge is 0.0320 e. The van der Waals surface area contributed by atoms with Crippen molar-refractivity contribution in [1.29, 1.82) is 0 Å². The van der Waals surface area contributed by atoms with E-state index in [0.29, 0.717) is 0 Å². The molecule has 0 aromatic rings. The first-order valence-electron chi connectivity index (χ1n) is 5.11. The summed E-state index contributed by atoms with van der Waals surface area (Å²) < 4.78 is 0. The van der Waals surface area contributed by atoms with Gasteiger partial charge in [-0.25, -0.2) is 0 Å². The van der Waals surface area contributed by atoms with Crippen LogP contribution in [-0.2, 0) is 0 Å². The van der Waals surface area contributed by atoms with Crippen molar-refractivity contribution in [3.8, 4) is 0 Å². The van der Waals surface area contributed by atoms with Crippen molar-refractivity contribution in [2.75, 3.05) is 0 Å². The summed E-state index contributed by atoms with van der Waals surface area (Å²) in [6.45, 7) is 2.28. The second-order valence-electron chi connectivity index (χ2n) is 3.52. The van der Waals surface area contributed by atoms with Gasteiger partial charge in [0.15, 0.2) is 0 Å². The van der Waals surface area contributed by atoms with Crippen LogP contribution in [0.15, 0.2) is 11.6 Å². The average Bonchev–Trinajstić information content (AvgIpc) is 2.16. The molecule has 1 aliphatic rings. The molecule has 0 aromatic carbocycles. The van der Waals surface area contributed by atoms with Crippen LogP contribution in [0.4, 0.5) is 0 Å². The fraction of sp³-hybridized carbons (Fsp3) is 0.818. The van der Waals surface area contributed by atoms with Crippen molar-refractivity contribution < 1.29 is 0 Å². The topological polar surface area (TPSA) is 0 Å². The van der Waals surface area contributed by atoms with Crippen LogP contribution in [0.25, 0.3) is 0 Å². The van der Waals surface area contributed by atoms with Crippen molar-refractivity contribution in [2.24, 2.45) is 0 Å². The lowest BCUT2D eigenvalue weighted by Crippen LogP contribution is -1.81. The van der Waals surface area contributed by atoms with Crippen LogP contribution >= 0.6 is 0 Å². The minimum absolute atomic E-state index is 1.28. The Bertz CT molecular complexity index is 122. The maximum absolute atomic E-state index is 2.48. The lowest BCUT2D eigenvalue weighted by molar-refractivity contribution is 0.627. The van der Waals surface area contributed by atoms with Crippen LogP contribution in [0.3, 0.4) is 0 Å². The van der Waals surface area contributed by atoms with Gasteiger partial charge in [-0.05, 0) is 32.1 Å². The Balaban J connectivity index is 2.34. The van der Waals surface area contributed by atoms with E-state index in [9.17, 15) is 0 Å². The van der Waals surface area contributed by atoms with Crippen molar-refractivity contribution >= 4 is 0 Å². The molecule has 64 valence electrons. The lowest BCUT2D eigenvalue weighted by atomic mass is 10.1. The van der Waals surface area contributed by atoms with E-state index in [1.54, 1.807) is 5.57 Å². The maximum atomic E-state index is 2.48. The molecule has 1 aliphatic carbocycles. The Morgan fingerprint density at radius 1 is 1.09 bits per heavy atom. The van der Waals surface area contributed by atoms with Gasteiger partial charge in [0.25, 0.3) is 0 Å². The molecular weight excluding hydrogens is 132 g/mol. The third-order valence-corrected chi connectivity index (χ3v) is 2.59. The Hall–Kier alpha value is -0.260. The zero-order valence-electron chi connectivity index (χ0n) is 7.73. The molecule has 0 nitrogen and oxygen atoms in total. The average molecular weight is 152 g/mol. The van der Waals surface area contributed by atoms with Crippen molar-refractivity contribution in [2.45, 2.75) is 58.3 Å². The van der Waals surface area contributed by atoms with Gasteiger partial charge in [-0.2, -0.15) is 0 Å². The molecular formula is C11H20. The zero-order chi connectivity index (χ0) is 7.94. The van der Waals surface area contributed by atoms with E-state index in [0.717, 1.165) is 0 Å². The molecule has 0 aliphatic heterocycles. The van der Waals surface area contributed by atoms with Gasteiger partial charge in [-0.15, -0.1) is 0 Å². The summed E-state index contributed by atoms with van der Waals surface area (Å²) in [7, 11) is 0. The summed E-state index contributed by atoms with van der Waals surface area (Å²) >= 11 is 0. The van der Waals surface area contributed by atoms with Gasteiger partial charge >= 0.3 is 0 Å². The highest BCUT2D eigenvalue weighted by atomic mass is 14.0. The van der Waals surface area contributed by atoms with Crippen molar-refractivity contribution in [3.63, 3.8) is 0 Å². The molecule has 0 N–H and O–H groups in total.